The highest BCUT2D eigenvalue weighted by Crippen LogP contribution is 2.36. The molecule has 16 heavy (non-hydrogen) atoms. The Morgan fingerprint density at radius 1 is 1.25 bits per heavy atom. The number of hydrogen-bond donors (Lipinski definition) is 0. The van der Waals surface area contributed by atoms with Crippen LogP contribution in [-0.2, 0) is 5.88 Å². The van der Waals surface area contributed by atoms with E-state index in [-0.39, 0.29) is 0 Å². The van der Waals surface area contributed by atoms with E-state index in [1.807, 2.05) is 6.20 Å². The Balaban J connectivity index is 1.74. The highest BCUT2D eigenvalue weighted by molar-refractivity contribution is 6.17. The summed E-state index contributed by atoms with van der Waals surface area (Å²) in [4.78, 5) is 7.03. The fraction of sp³-hybridized carbons (Fsp3) is 0.615. The second-order valence-electron chi connectivity index (χ2n) is 4.99. The van der Waals surface area contributed by atoms with Crippen LogP contribution >= 0.6 is 11.6 Å². The molecular weight excluding hydrogens is 220 g/mol. The maximum atomic E-state index is 5.77. The van der Waals surface area contributed by atoms with E-state index in [4.69, 9.17) is 11.6 Å². The maximum Gasteiger partial charge on any atom is 0.128 e. The van der Waals surface area contributed by atoms with E-state index in [0.29, 0.717) is 5.88 Å². The minimum atomic E-state index is 0.555. The van der Waals surface area contributed by atoms with Crippen LogP contribution in [0, 0.1) is 5.92 Å². The molecular formula is C13H17ClN2. The van der Waals surface area contributed by atoms with E-state index >= 15 is 0 Å². The van der Waals surface area contributed by atoms with Crippen LogP contribution in [0.4, 0.5) is 5.82 Å². The minimum absolute atomic E-state index is 0.555. The Kier molecular flexibility index (Phi) is 2.76. The van der Waals surface area contributed by atoms with Crippen LogP contribution in [0.1, 0.15) is 31.2 Å². The van der Waals surface area contributed by atoms with Gasteiger partial charge in [-0.3, -0.25) is 0 Å². The van der Waals surface area contributed by atoms with Crippen molar-refractivity contribution in [1.82, 2.24) is 4.98 Å². The highest BCUT2D eigenvalue weighted by atomic mass is 35.5. The monoisotopic (exact) mass is 236 g/mol. The standard InChI is InChI=1S/C13H17ClN2/c14-7-11-3-6-13(15-8-11)16(12-4-5-12)9-10-1-2-10/h3,6,8,10,12H,1-2,4-5,7,9H2. The number of aromatic nitrogens is 1. The molecule has 86 valence electrons. The first kappa shape index (κ1) is 10.4. The summed E-state index contributed by atoms with van der Waals surface area (Å²) in [7, 11) is 0. The van der Waals surface area contributed by atoms with E-state index in [0.717, 1.165) is 23.3 Å². The maximum absolute atomic E-state index is 5.77. The summed E-state index contributed by atoms with van der Waals surface area (Å²) < 4.78 is 0. The average molecular weight is 237 g/mol. The smallest absolute Gasteiger partial charge is 0.128 e. The minimum Gasteiger partial charge on any atom is -0.353 e. The van der Waals surface area contributed by atoms with Crippen LogP contribution in [0.5, 0.6) is 0 Å². The third kappa shape index (κ3) is 2.32. The van der Waals surface area contributed by atoms with Crippen molar-refractivity contribution in [2.45, 2.75) is 37.6 Å². The van der Waals surface area contributed by atoms with Gasteiger partial charge in [0.1, 0.15) is 5.82 Å². The molecule has 0 radical (unpaired) electrons. The second kappa shape index (κ2) is 4.25. The second-order valence-corrected chi connectivity index (χ2v) is 5.25. The molecule has 3 rings (SSSR count). The number of rotatable bonds is 5. The van der Waals surface area contributed by atoms with Gasteiger partial charge >= 0.3 is 0 Å². The molecule has 2 saturated carbocycles. The Morgan fingerprint density at radius 3 is 2.56 bits per heavy atom. The summed E-state index contributed by atoms with van der Waals surface area (Å²) >= 11 is 5.77. The largest absolute Gasteiger partial charge is 0.353 e. The lowest BCUT2D eigenvalue weighted by molar-refractivity contribution is 0.709. The first-order valence-corrected chi connectivity index (χ1v) is 6.68. The number of hydrogen-bond acceptors (Lipinski definition) is 2. The van der Waals surface area contributed by atoms with Crippen LogP contribution in [0.15, 0.2) is 18.3 Å². The molecule has 0 aromatic carbocycles. The van der Waals surface area contributed by atoms with Crippen LogP contribution in [0.3, 0.4) is 0 Å². The predicted molar refractivity (Wildman–Crippen MR) is 66.9 cm³/mol. The molecule has 0 atom stereocenters. The van der Waals surface area contributed by atoms with E-state index in [1.165, 1.54) is 32.2 Å². The van der Waals surface area contributed by atoms with Gasteiger partial charge in [-0.25, -0.2) is 4.98 Å². The number of alkyl halides is 1. The number of halogens is 1. The molecule has 1 aromatic heterocycles. The zero-order chi connectivity index (χ0) is 11.0. The molecule has 3 heteroatoms. The number of nitrogens with zero attached hydrogens (tertiary/aromatic N) is 2. The van der Waals surface area contributed by atoms with Gasteiger partial charge in [-0.05, 0) is 43.2 Å². The fourth-order valence-electron chi connectivity index (χ4n) is 2.06. The van der Waals surface area contributed by atoms with Gasteiger partial charge in [-0.2, -0.15) is 0 Å². The summed E-state index contributed by atoms with van der Waals surface area (Å²) in [5, 5.41) is 0. The molecule has 1 heterocycles. The van der Waals surface area contributed by atoms with Crippen LogP contribution in [0.2, 0.25) is 0 Å². The molecule has 0 unspecified atom stereocenters. The van der Waals surface area contributed by atoms with Gasteiger partial charge in [-0.1, -0.05) is 6.07 Å². The molecule has 2 aliphatic rings. The van der Waals surface area contributed by atoms with Crippen molar-refractivity contribution >= 4 is 17.4 Å². The van der Waals surface area contributed by atoms with Gasteiger partial charge in [0.25, 0.3) is 0 Å². The Morgan fingerprint density at radius 2 is 2.06 bits per heavy atom. The molecule has 2 aliphatic carbocycles. The summed E-state index contributed by atoms with van der Waals surface area (Å²) in [6, 6.07) is 4.98. The quantitative estimate of drug-likeness (QED) is 0.730. The van der Waals surface area contributed by atoms with Gasteiger partial charge < -0.3 is 4.90 Å². The molecule has 0 saturated heterocycles. The lowest BCUT2D eigenvalue weighted by Crippen LogP contribution is -2.28. The molecule has 0 bridgehead atoms. The lowest BCUT2D eigenvalue weighted by Gasteiger charge is -2.23. The third-order valence-electron chi connectivity index (χ3n) is 3.40. The molecule has 2 nitrogen and oxygen atoms in total. The van der Waals surface area contributed by atoms with Gasteiger partial charge in [-0.15, -0.1) is 11.6 Å². The zero-order valence-corrected chi connectivity index (χ0v) is 10.2. The van der Waals surface area contributed by atoms with Gasteiger partial charge in [0.05, 0.1) is 0 Å². The van der Waals surface area contributed by atoms with Gasteiger partial charge in [0.2, 0.25) is 0 Å². The summed E-state index contributed by atoms with van der Waals surface area (Å²) in [5.74, 6) is 2.62. The van der Waals surface area contributed by atoms with Crippen molar-refractivity contribution < 1.29 is 0 Å². The fourth-order valence-corrected chi connectivity index (χ4v) is 2.22. The predicted octanol–water partition coefficient (Wildman–Crippen LogP) is 3.20. The van der Waals surface area contributed by atoms with E-state index in [9.17, 15) is 0 Å². The number of pyridine rings is 1. The van der Waals surface area contributed by atoms with Crippen LogP contribution in [0.25, 0.3) is 0 Å². The molecule has 0 aliphatic heterocycles. The van der Waals surface area contributed by atoms with Crippen molar-refractivity contribution in [2.75, 3.05) is 11.4 Å². The van der Waals surface area contributed by atoms with E-state index in [1.54, 1.807) is 0 Å². The molecule has 0 N–H and O–H groups in total. The number of anilines is 1. The first-order valence-electron chi connectivity index (χ1n) is 6.14. The van der Waals surface area contributed by atoms with Crippen molar-refractivity contribution in [1.29, 1.82) is 0 Å². The molecule has 0 amide bonds. The molecule has 1 aromatic rings. The Hall–Kier alpha value is -0.760. The van der Waals surface area contributed by atoms with Crippen LogP contribution < -0.4 is 4.90 Å². The van der Waals surface area contributed by atoms with Crippen molar-refractivity contribution in [2.24, 2.45) is 5.92 Å². The summed E-state index contributed by atoms with van der Waals surface area (Å²) in [6.45, 7) is 1.21. The lowest BCUT2D eigenvalue weighted by atomic mass is 10.3. The highest BCUT2D eigenvalue weighted by Gasteiger charge is 2.34. The summed E-state index contributed by atoms with van der Waals surface area (Å²) in [6.07, 6.45) is 7.40. The Bertz CT molecular complexity index is 355. The zero-order valence-electron chi connectivity index (χ0n) is 9.40. The Labute approximate surface area is 102 Å². The molecule has 2 fully saturated rings. The van der Waals surface area contributed by atoms with Gasteiger partial charge in [0.15, 0.2) is 0 Å². The van der Waals surface area contributed by atoms with E-state index in [2.05, 4.69) is 22.0 Å². The topological polar surface area (TPSA) is 16.1 Å². The first-order chi connectivity index (χ1) is 7.86. The van der Waals surface area contributed by atoms with Crippen molar-refractivity contribution in [3.63, 3.8) is 0 Å². The molecule has 0 spiro atoms. The van der Waals surface area contributed by atoms with Crippen molar-refractivity contribution in [3.8, 4) is 0 Å². The third-order valence-corrected chi connectivity index (χ3v) is 3.71. The van der Waals surface area contributed by atoms with Gasteiger partial charge in [0, 0.05) is 24.7 Å². The summed E-state index contributed by atoms with van der Waals surface area (Å²) in [5.41, 5.74) is 1.10. The normalized spacial score (nSPS) is 19.8. The van der Waals surface area contributed by atoms with E-state index < -0.39 is 0 Å². The SMILES string of the molecule is ClCc1ccc(N(CC2CC2)C2CC2)nc1. The van der Waals surface area contributed by atoms with Crippen LogP contribution in [-0.4, -0.2) is 17.6 Å². The average Bonchev–Trinajstić information content (AvgIpc) is 3.16. The van der Waals surface area contributed by atoms with Crippen molar-refractivity contribution in [3.05, 3.63) is 23.9 Å².